The maximum Gasteiger partial charge on any atom is 0.472 e. The third-order valence-electron chi connectivity index (χ3n) is 13.5. The number of quaternary nitrogens is 1. The lowest BCUT2D eigenvalue weighted by molar-refractivity contribution is -0.870. The van der Waals surface area contributed by atoms with E-state index in [0.29, 0.717) is 17.4 Å². The number of nitrogens with zero attached hydrogens (tertiary/aromatic N) is 1. The molecule has 0 aliphatic carbocycles. The Kier molecular flexibility index (Phi) is 54.0. The molecule has 1 amide bonds. The van der Waals surface area contributed by atoms with E-state index in [2.05, 4.69) is 111 Å². The van der Waals surface area contributed by atoms with E-state index in [1.54, 1.807) is 0 Å². The molecule has 0 rings (SSSR count). The van der Waals surface area contributed by atoms with Crippen LogP contribution < -0.4 is 5.32 Å². The molecular weight excluding hydrogens is 976 g/mol. The second-order valence-electron chi connectivity index (χ2n) is 22.2. The Morgan fingerprint density at radius 1 is 0.481 bits per heavy atom. The van der Waals surface area contributed by atoms with Gasteiger partial charge in [-0.15, -0.1) is 0 Å². The number of rotatable bonds is 56. The first-order valence-electron chi connectivity index (χ1n) is 31.6. The van der Waals surface area contributed by atoms with Gasteiger partial charge < -0.3 is 19.4 Å². The van der Waals surface area contributed by atoms with Gasteiger partial charge in [0.25, 0.3) is 0 Å². The fraction of sp³-hybridized carbons (Fsp3) is 0.731. The molecule has 0 bridgehead atoms. The van der Waals surface area contributed by atoms with E-state index in [0.717, 1.165) is 122 Å². The number of esters is 1. The number of amides is 1. The maximum atomic E-state index is 13.6. The van der Waals surface area contributed by atoms with Gasteiger partial charge in [-0.3, -0.25) is 18.6 Å². The van der Waals surface area contributed by atoms with Gasteiger partial charge in [0.15, 0.2) is 0 Å². The smallest absolute Gasteiger partial charge is 0.456 e. The van der Waals surface area contributed by atoms with E-state index in [-0.39, 0.29) is 31.5 Å². The molecule has 0 aromatic carbocycles. The Labute approximate surface area is 475 Å². The number of allylic oxidation sites excluding steroid dienone is 15. The summed E-state index contributed by atoms with van der Waals surface area (Å²) in [5, 5.41) is 3.05. The molecule has 0 aromatic heterocycles. The summed E-state index contributed by atoms with van der Waals surface area (Å²) in [6.45, 7) is 6.85. The minimum Gasteiger partial charge on any atom is -0.456 e. The quantitative estimate of drug-likeness (QED) is 0.0156. The summed E-state index contributed by atoms with van der Waals surface area (Å²) in [6.07, 6.45) is 75.4. The average Bonchev–Trinajstić information content (AvgIpc) is 3.39. The lowest BCUT2D eigenvalue weighted by atomic mass is 10.0. The SMILES string of the molecule is CC/C=C\C/C=C\C/C=C\C/C=C\C/C=C\CCCCCCCCCC(=O)NC(COP(=O)(O)OCC[N+](C)(C)C)C(/C=C\CCCCCCCCCCCCC)OC(=O)CCCCCCCC/C=C/C=C/CCCCC. The van der Waals surface area contributed by atoms with E-state index in [1.165, 1.54) is 109 Å². The van der Waals surface area contributed by atoms with E-state index < -0.39 is 20.0 Å². The molecule has 0 saturated carbocycles. The number of phosphoric acid groups is 1. The summed E-state index contributed by atoms with van der Waals surface area (Å²) >= 11 is 0. The van der Waals surface area contributed by atoms with Crippen molar-refractivity contribution in [3.63, 3.8) is 0 Å². The molecule has 3 atom stereocenters. The number of carbonyl (C=O) groups excluding carboxylic acids is 2. The first kappa shape index (κ1) is 73.9. The molecule has 2 N–H and O–H groups in total. The number of ether oxygens (including phenoxy) is 1. The Balaban J connectivity index is 5.28. The van der Waals surface area contributed by atoms with Crippen molar-refractivity contribution in [2.75, 3.05) is 40.9 Å². The lowest BCUT2D eigenvalue weighted by Crippen LogP contribution is -2.47. The van der Waals surface area contributed by atoms with Crippen LogP contribution in [0.2, 0.25) is 0 Å². The van der Waals surface area contributed by atoms with Crippen LogP contribution in [-0.4, -0.2) is 74.3 Å². The second-order valence-corrected chi connectivity index (χ2v) is 23.7. The Hall–Kier alpha value is -3.07. The number of likely N-dealkylation sites (N-methyl/N-ethyl adjacent to an activating group) is 1. The molecule has 0 saturated heterocycles. The van der Waals surface area contributed by atoms with Gasteiger partial charge in [0.1, 0.15) is 19.3 Å². The first-order valence-corrected chi connectivity index (χ1v) is 33.1. The van der Waals surface area contributed by atoms with Gasteiger partial charge in [-0.1, -0.05) is 247 Å². The standard InChI is InChI=1S/C67H119N2O7P/c1-7-10-13-16-19-22-25-28-30-31-32-33-34-35-36-37-39-41-44-47-50-53-56-59-66(70)68-64(63-75-77(72,73)74-62-61-69(4,5)6)65(58-55-52-49-46-43-40-27-24-21-18-15-12-9-3)76-67(71)60-57-54-51-48-45-42-38-29-26-23-20-17-14-11-8-2/h10,13,19-20,22-23,26,28-30,32-33,35-36,55,58,64-65H,7-9,11-12,14-18,21,24-25,27,31,34,37-54,56-57,59-63H2,1-6H3,(H-,68,70,72,73)/p+1/b13-10-,22-19-,23-20+,29-26+,30-28-,33-32-,36-35-,58-55-. The van der Waals surface area contributed by atoms with Gasteiger partial charge in [0.05, 0.1) is 33.8 Å². The minimum absolute atomic E-state index is 0.0315. The average molecular weight is 1100 g/mol. The zero-order chi connectivity index (χ0) is 56.4. The summed E-state index contributed by atoms with van der Waals surface area (Å²) in [5.74, 6) is -0.533. The number of nitrogens with one attached hydrogen (secondary N) is 1. The summed E-state index contributed by atoms with van der Waals surface area (Å²) in [4.78, 5) is 37.7. The molecule has 77 heavy (non-hydrogen) atoms. The molecule has 0 radical (unpaired) electrons. The number of carbonyl (C=O) groups is 2. The molecule has 0 aromatic rings. The van der Waals surface area contributed by atoms with E-state index in [9.17, 15) is 19.0 Å². The van der Waals surface area contributed by atoms with Gasteiger partial charge >= 0.3 is 13.8 Å². The summed E-state index contributed by atoms with van der Waals surface area (Å²) < 4.78 is 30.7. The highest BCUT2D eigenvalue weighted by atomic mass is 31.2. The molecule has 0 spiro atoms. The van der Waals surface area contributed by atoms with Gasteiger partial charge in [-0.2, -0.15) is 0 Å². The summed E-state index contributed by atoms with van der Waals surface area (Å²) in [5.41, 5.74) is 0. The van der Waals surface area contributed by atoms with Crippen LogP contribution in [0.5, 0.6) is 0 Å². The Morgan fingerprint density at radius 2 is 0.870 bits per heavy atom. The third-order valence-corrected chi connectivity index (χ3v) is 14.5. The third kappa shape index (κ3) is 57.4. The van der Waals surface area contributed by atoms with E-state index >= 15 is 0 Å². The summed E-state index contributed by atoms with van der Waals surface area (Å²) in [7, 11) is 1.47. The number of phosphoric ester groups is 1. The van der Waals surface area contributed by atoms with Gasteiger partial charge in [-0.05, 0) is 102 Å². The van der Waals surface area contributed by atoms with Crippen molar-refractivity contribution in [1.29, 1.82) is 0 Å². The fourth-order valence-corrected chi connectivity index (χ4v) is 9.40. The topological polar surface area (TPSA) is 111 Å². The number of hydrogen-bond donors (Lipinski definition) is 2. The largest absolute Gasteiger partial charge is 0.472 e. The predicted octanol–water partition coefficient (Wildman–Crippen LogP) is 19.6. The second kappa shape index (κ2) is 56.2. The van der Waals surface area contributed by atoms with E-state index in [1.807, 2.05) is 33.3 Å². The predicted molar refractivity (Wildman–Crippen MR) is 332 cm³/mol. The Bertz CT molecular complexity index is 1640. The molecule has 0 heterocycles. The first-order chi connectivity index (χ1) is 37.4. The van der Waals surface area contributed by atoms with Gasteiger partial charge in [0.2, 0.25) is 5.91 Å². The van der Waals surface area contributed by atoms with Crippen molar-refractivity contribution < 1.29 is 37.3 Å². The van der Waals surface area contributed by atoms with Gasteiger partial charge in [0, 0.05) is 12.8 Å². The summed E-state index contributed by atoms with van der Waals surface area (Å²) in [6, 6.07) is -0.865. The molecule has 0 fully saturated rings. The van der Waals surface area contributed by atoms with Crippen LogP contribution in [-0.2, 0) is 27.9 Å². The number of unbranched alkanes of at least 4 members (excludes halogenated alkanes) is 27. The molecule has 0 aliphatic heterocycles. The van der Waals surface area contributed by atoms with Crippen LogP contribution >= 0.6 is 7.82 Å². The molecular formula is C67H120N2O7P+. The highest BCUT2D eigenvalue weighted by molar-refractivity contribution is 7.47. The van der Waals surface area contributed by atoms with Crippen LogP contribution in [0.25, 0.3) is 0 Å². The zero-order valence-electron chi connectivity index (χ0n) is 50.7. The van der Waals surface area contributed by atoms with Crippen LogP contribution in [0.3, 0.4) is 0 Å². The van der Waals surface area contributed by atoms with Crippen molar-refractivity contribution in [1.82, 2.24) is 5.32 Å². The molecule has 0 aliphatic rings. The van der Waals surface area contributed by atoms with Crippen molar-refractivity contribution >= 4 is 19.7 Å². The van der Waals surface area contributed by atoms with Crippen LogP contribution in [0.1, 0.15) is 265 Å². The monoisotopic (exact) mass is 1100 g/mol. The van der Waals surface area contributed by atoms with Crippen molar-refractivity contribution in [3.05, 3.63) is 97.2 Å². The Morgan fingerprint density at radius 3 is 1.35 bits per heavy atom. The lowest BCUT2D eigenvalue weighted by Gasteiger charge is -2.27. The molecule has 3 unspecified atom stereocenters. The maximum absolute atomic E-state index is 13.6. The fourth-order valence-electron chi connectivity index (χ4n) is 8.66. The van der Waals surface area contributed by atoms with Crippen LogP contribution in [0.15, 0.2) is 97.2 Å². The molecule has 10 heteroatoms. The van der Waals surface area contributed by atoms with Crippen molar-refractivity contribution in [2.45, 2.75) is 277 Å². The van der Waals surface area contributed by atoms with Crippen LogP contribution in [0.4, 0.5) is 0 Å². The minimum atomic E-state index is -4.46. The molecule has 9 nitrogen and oxygen atoms in total. The van der Waals surface area contributed by atoms with E-state index in [4.69, 9.17) is 13.8 Å². The highest BCUT2D eigenvalue weighted by Gasteiger charge is 2.30. The highest BCUT2D eigenvalue weighted by Crippen LogP contribution is 2.43. The number of hydrogen-bond acceptors (Lipinski definition) is 6. The van der Waals surface area contributed by atoms with Crippen molar-refractivity contribution in [2.24, 2.45) is 0 Å². The van der Waals surface area contributed by atoms with Crippen molar-refractivity contribution in [3.8, 4) is 0 Å². The zero-order valence-corrected chi connectivity index (χ0v) is 51.6. The molecule has 444 valence electrons. The van der Waals surface area contributed by atoms with Crippen LogP contribution in [0, 0.1) is 0 Å². The van der Waals surface area contributed by atoms with Gasteiger partial charge in [-0.25, -0.2) is 4.57 Å². The normalized spacial score (nSPS) is 14.3.